The first-order chi connectivity index (χ1) is 6.15. The maximum Gasteiger partial charge on any atom is 0.148 e. The summed E-state index contributed by atoms with van der Waals surface area (Å²) in [6, 6.07) is 5.10. The second-order valence-electron chi connectivity index (χ2n) is 2.62. The number of carbonyl (C=O) groups excluding carboxylic acids is 1. The van der Waals surface area contributed by atoms with Crippen LogP contribution < -0.4 is 0 Å². The second-order valence-corrected chi connectivity index (χ2v) is 3.41. The van der Waals surface area contributed by atoms with Gasteiger partial charge < -0.3 is 9.90 Å². The molecule has 0 radical (unpaired) electrons. The van der Waals surface area contributed by atoms with E-state index in [1.807, 2.05) is 0 Å². The Morgan fingerprint density at radius 1 is 1.46 bits per heavy atom. The monoisotopic (exact) mass is 218 g/mol. The van der Waals surface area contributed by atoms with Gasteiger partial charge in [0.05, 0.1) is 10.0 Å². The van der Waals surface area contributed by atoms with Crippen LogP contribution in [0.5, 0.6) is 0 Å². The van der Waals surface area contributed by atoms with Gasteiger partial charge in [-0.3, -0.25) is 0 Å². The second kappa shape index (κ2) is 4.61. The molecule has 0 aliphatic carbocycles. The summed E-state index contributed by atoms with van der Waals surface area (Å²) in [4.78, 5) is 10.2. The Balaban J connectivity index is 2.88. The van der Waals surface area contributed by atoms with E-state index in [-0.39, 0.29) is 6.42 Å². The first-order valence-corrected chi connectivity index (χ1v) is 4.47. The molecule has 1 aromatic carbocycles. The molecule has 0 saturated heterocycles. The smallest absolute Gasteiger partial charge is 0.148 e. The molecule has 1 aromatic rings. The van der Waals surface area contributed by atoms with E-state index in [4.69, 9.17) is 28.3 Å². The molecule has 0 amide bonds. The van der Waals surface area contributed by atoms with Gasteiger partial charge >= 0.3 is 0 Å². The van der Waals surface area contributed by atoms with Gasteiger partial charge in [-0.15, -0.1) is 0 Å². The molecule has 13 heavy (non-hydrogen) atoms. The van der Waals surface area contributed by atoms with Crippen LogP contribution >= 0.6 is 23.2 Å². The first-order valence-electron chi connectivity index (χ1n) is 3.71. The van der Waals surface area contributed by atoms with Crippen LogP contribution in [0.15, 0.2) is 18.2 Å². The van der Waals surface area contributed by atoms with Crippen molar-refractivity contribution >= 4 is 29.5 Å². The quantitative estimate of drug-likeness (QED) is 0.790. The molecular weight excluding hydrogens is 211 g/mol. The fourth-order valence-electron chi connectivity index (χ4n) is 0.980. The molecule has 0 saturated carbocycles. The summed E-state index contributed by atoms with van der Waals surface area (Å²) in [5, 5.41) is 9.88. The topological polar surface area (TPSA) is 37.3 Å². The average Bonchev–Trinajstić information content (AvgIpc) is 2.13. The number of rotatable bonds is 3. The van der Waals surface area contributed by atoms with Crippen LogP contribution in [0.25, 0.3) is 0 Å². The van der Waals surface area contributed by atoms with Crippen LogP contribution in [0, 0.1) is 0 Å². The number of hydrogen-bond acceptors (Lipinski definition) is 2. The van der Waals surface area contributed by atoms with Crippen LogP contribution in [0.1, 0.15) is 5.56 Å². The Hall–Kier alpha value is -0.570. The van der Waals surface area contributed by atoms with Crippen molar-refractivity contribution in [1.29, 1.82) is 0 Å². The third-order valence-electron chi connectivity index (χ3n) is 1.62. The highest BCUT2D eigenvalue weighted by molar-refractivity contribution is 6.42. The molecule has 4 heteroatoms. The highest BCUT2D eigenvalue weighted by Gasteiger charge is 2.08. The van der Waals surface area contributed by atoms with Crippen LogP contribution in [0.2, 0.25) is 10.0 Å². The molecule has 0 aromatic heterocycles. The molecule has 0 bridgehead atoms. The largest absolute Gasteiger partial charge is 0.385 e. The van der Waals surface area contributed by atoms with Gasteiger partial charge in [0.15, 0.2) is 0 Å². The number of benzene rings is 1. The molecule has 0 aliphatic rings. The van der Waals surface area contributed by atoms with E-state index in [2.05, 4.69) is 0 Å². The summed E-state index contributed by atoms with van der Waals surface area (Å²) < 4.78 is 0. The van der Waals surface area contributed by atoms with E-state index in [0.29, 0.717) is 21.9 Å². The van der Waals surface area contributed by atoms with Gasteiger partial charge in [-0.1, -0.05) is 35.3 Å². The highest BCUT2D eigenvalue weighted by Crippen LogP contribution is 2.26. The van der Waals surface area contributed by atoms with E-state index in [1.54, 1.807) is 18.2 Å². The van der Waals surface area contributed by atoms with Crippen LogP contribution in [0.3, 0.4) is 0 Å². The molecule has 0 heterocycles. The average molecular weight is 219 g/mol. The Bertz CT molecular complexity index is 312. The molecular formula is C9H8Cl2O2. The van der Waals surface area contributed by atoms with Crippen molar-refractivity contribution in [2.75, 3.05) is 0 Å². The van der Waals surface area contributed by atoms with Crippen molar-refractivity contribution in [3.8, 4) is 0 Å². The highest BCUT2D eigenvalue weighted by atomic mass is 35.5. The number of hydrogen-bond donors (Lipinski definition) is 1. The van der Waals surface area contributed by atoms with Gasteiger partial charge in [-0.2, -0.15) is 0 Å². The number of aliphatic hydroxyl groups excluding tert-OH is 1. The first kappa shape index (κ1) is 10.5. The molecule has 0 aliphatic heterocycles. The minimum atomic E-state index is -1.02. The van der Waals surface area contributed by atoms with Crippen molar-refractivity contribution in [1.82, 2.24) is 0 Å². The lowest BCUT2D eigenvalue weighted by molar-refractivity contribution is -0.114. The number of aldehydes is 1. The predicted octanol–water partition coefficient (Wildman–Crippen LogP) is 2.10. The SMILES string of the molecule is O=CC(O)Cc1cccc(Cl)c1Cl. The third kappa shape index (κ3) is 2.69. The Morgan fingerprint density at radius 2 is 2.15 bits per heavy atom. The zero-order valence-corrected chi connectivity index (χ0v) is 8.22. The van der Waals surface area contributed by atoms with E-state index in [0.717, 1.165) is 0 Å². The molecule has 0 spiro atoms. The maximum absolute atomic E-state index is 10.2. The van der Waals surface area contributed by atoms with Crippen LogP contribution in [-0.2, 0) is 11.2 Å². The Kier molecular flexibility index (Phi) is 3.72. The maximum atomic E-state index is 10.2. The summed E-state index contributed by atoms with van der Waals surface area (Å²) in [5.41, 5.74) is 0.675. The fraction of sp³-hybridized carbons (Fsp3) is 0.222. The lowest BCUT2D eigenvalue weighted by Crippen LogP contribution is -2.11. The van der Waals surface area contributed by atoms with Crippen molar-refractivity contribution < 1.29 is 9.90 Å². The van der Waals surface area contributed by atoms with Gasteiger partial charge in [0.2, 0.25) is 0 Å². The lowest BCUT2D eigenvalue weighted by atomic mass is 10.1. The van der Waals surface area contributed by atoms with E-state index < -0.39 is 6.10 Å². The Morgan fingerprint density at radius 3 is 2.77 bits per heavy atom. The molecule has 1 rings (SSSR count). The minimum Gasteiger partial charge on any atom is -0.385 e. The van der Waals surface area contributed by atoms with Crippen LogP contribution in [-0.4, -0.2) is 17.5 Å². The van der Waals surface area contributed by atoms with Crippen molar-refractivity contribution in [3.05, 3.63) is 33.8 Å². The van der Waals surface area contributed by atoms with Crippen molar-refractivity contribution in [2.24, 2.45) is 0 Å². The summed E-state index contributed by atoms with van der Waals surface area (Å²) in [5.74, 6) is 0. The van der Waals surface area contributed by atoms with Gasteiger partial charge in [0, 0.05) is 6.42 Å². The van der Waals surface area contributed by atoms with E-state index in [1.165, 1.54) is 0 Å². The van der Waals surface area contributed by atoms with Gasteiger partial charge in [-0.25, -0.2) is 0 Å². The molecule has 0 fully saturated rings. The number of carbonyl (C=O) groups is 1. The Labute approximate surface area is 86.1 Å². The zero-order chi connectivity index (χ0) is 9.84. The number of halogens is 2. The standard InChI is InChI=1S/C9H8Cl2O2/c10-8-3-1-2-6(9(8)11)4-7(13)5-12/h1-3,5,7,13H,4H2. The van der Waals surface area contributed by atoms with E-state index >= 15 is 0 Å². The predicted molar refractivity (Wildman–Crippen MR) is 52.2 cm³/mol. The molecule has 70 valence electrons. The molecule has 1 atom stereocenters. The van der Waals surface area contributed by atoms with Crippen molar-refractivity contribution in [3.63, 3.8) is 0 Å². The van der Waals surface area contributed by atoms with Gasteiger partial charge in [0.1, 0.15) is 12.4 Å². The summed E-state index contributed by atoms with van der Waals surface area (Å²) in [6.07, 6.45) is -0.351. The molecule has 1 unspecified atom stereocenters. The third-order valence-corrected chi connectivity index (χ3v) is 2.48. The van der Waals surface area contributed by atoms with Gasteiger partial charge in [-0.05, 0) is 11.6 Å². The summed E-state index contributed by atoms with van der Waals surface area (Å²) >= 11 is 11.6. The van der Waals surface area contributed by atoms with E-state index in [9.17, 15) is 4.79 Å². The van der Waals surface area contributed by atoms with Crippen LogP contribution in [0.4, 0.5) is 0 Å². The molecule has 2 nitrogen and oxygen atoms in total. The summed E-state index contributed by atoms with van der Waals surface area (Å²) in [6.45, 7) is 0. The zero-order valence-electron chi connectivity index (χ0n) is 6.71. The van der Waals surface area contributed by atoms with Crippen molar-refractivity contribution in [2.45, 2.75) is 12.5 Å². The van der Waals surface area contributed by atoms with Gasteiger partial charge in [0.25, 0.3) is 0 Å². The fourth-order valence-corrected chi connectivity index (χ4v) is 1.38. The summed E-state index contributed by atoms with van der Waals surface area (Å²) in [7, 11) is 0. The lowest BCUT2D eigenvalue weighted by Gasteiger charge is -2.06. The normalized spacial score (nSPS) is 12.5. The number of aliphatic hydroxyl groups is 1. The molecule has 1 N–H and O–H groups in total. The minimum absolute atomic E-state index is 0.197.